The van der Waals surface area contributed by atoms with Gasteiger partial charge in [-0.1, -0.05) is 12.1 Å². The molecular formula is C19H24N4O5. The Hall–Kier alpha value is -3.20. The number of piperazine rings is 1. The van der Waals surface area contributed by atoms with Crippen molar-refractivity contribution in [3.05, 3.63) is 42.4 Å². The summed E-state index contributed by atoms with van der Waals surface area (Å²) in [6.45, 7) is 4.69. The van der Waals surface area contributed by atoms with Gasteiger partial charge in [0.25, 0.3) is 0 Å². The highest BCUT2D eigenvalue weighted by Gasteiger charge is 2.19. The Kier molecular flexibility index (Phi) is 6.38. The molecule has 0 saturated carbocycles. The number of methoxy groups -OCH3 is 1. The van der Waals surface area contributed by atoms with Crippen LogP contribution >= 0.6 is 0 Å². The van der Waals surface area contributed by atoms with Gasteiger partial charge in [0, 0.05) is 39.3 Å². The number of benzene rings is 1. The van der Waals surface area contributed by atoms with Crippen LogP contribution in [0.15, 0.2) is 41.2 Å². The van der Waals surface area contributed by atoms with Gasteiger partial charge in [0.15, 0.2) is 0 Å². The molecule has 28 heavy (non-hydrogen) atoms. The van der Waals surface area contributed by atoms with Gasteiger partial charge in [0.2, 0.25) is 0 Å². The maximum Gasteiger partial charge on any atom is 0.341 e. The standard InChI is InChI=1S/C19H24N4O5/c1-27-17-5-3-2-4-16(17)23-10-8-22(9-11-23)7-6-20-19(26)21-15-13-28-12-14(15)18(24)25/h2-5,12-13H,6-11H2,1H3,(H,24,25)(H2,20,21,26). The van der Waals surface area contributed by atoms with Gasteiger partial charge in [-0.05, 0) is 12.1 Å². The minimum atomic E-state index is -1.16. The molecule has 1 fully saturated rings. The lowest BCUT2D eigenvalue weighted by atomic mass is 10.2. The van der Waals surface area contributed by atoms with Gasteiger partial charge in [0.1, 0.15) is 23.8 Å². The zero-order valence-corrected chi connectivity index (χ0v) is 15.7. The Bertz CT molecular complexity index is 814. The van der Waals surface area contributed by atoms with Crippen molar-refractivity contribution >= 4 is 23.4 Å². The topological polar surface area (TPSA) is 107 Å². The molecule has 0 unspecified atom stereocenters. The SMILES string of the molecule is COc1ccccc1N1CCN(CCNC(=O)Nc2cocc2C(=O)O)CC1. The number of hydrogen-bond donors (Lipinski definition) is 3. The number of carboxylic acids is 1. The number of carboxylic acid groups (broad SMARTS) is 1. The molecule has 1 saturated heterocycles. The van der Waals surface area contributed by atoms with Crippen LogP contribution in [0.5, 0.6) is 5.75 Å². The van der Waals surface area contributed by atoms with Crippen molar-refractivity contribution in [1.82, 2.24) is 10.2 Å². The van der Waals surface area contributed by atoms with Crippen LogP contribution in [-0.4, -0.2) is 68.4 Å². The second-order valence-corrected chi connectivity index (χ2v) is 6.39. The minimum absolute atomic E-state index is 0.0809. The number of urea groups is 1. The zero-order valence-electron chi connectivity index (χ0n) is 15.7. The number of nitrogens with zero attached hydrogens (tertiary/aromatic N) is 2. The number of carbonyl (C=O) groups excluding carboxylic acids is 1. The van der Waals surface area contributed by atoms with Crippen LogP contribution in [0.4, 0.5) is 16.2 Å². The molecule has 1 aliphatic rings. The van der Waals surface area contributed by atoms with Gasteiger partial charge in [-0.25, -0.2) is 9.59 Å². The first kappa shape index (κ1) is 19.6. The first-order valence-corrected chi connectivity index (χ1v) is 9.03. The molecule has 150 valence electrons. The third kappa shape index (κ3) is 4.74. The Morgan fingerprint density at radius 1 is 1.18 bits per heavy atom. The molecule has 2 amide bonds. The average Bonchev–Trinajstić information content (AvgIpc) is 3.17. The molecule has 1 aliphatic heterocycles. The van der Waals surface area contributed by atoms with E-state index in [2.05, 4.69) is 26.5 Å². The number of hydrogen-bond acceptors (Lipinski definition) is 6. The third-order valence-corrected chi connectivity index (χ3v) is 4.65. The van der Waals surface area contributed by atoms with E-state index in [-0.39, 0.29) is 11.3 Å². The number of amides is 2. The first-order chi connectivity index (χ1) is 13.6. The number of ether oxygens (including phenoxy) is 1. The Labute approximate surface area is 162 Å². The third-order valence-electron chi connectivity index (χ3n) is 4.65. The van der Waals surface area contributed by atoms with Gasteiger partial charge in [-0.3, -0.25) is 4.90 Å². The summed E-state index contributed by atoms with van der Waals surface area (Å²) in [5.74, 6) is -0.286. The van der Waals surface area contributed by atoms with E-state index in [1.165, 1.54) is 6.26 Å². The second-order valence-electron chi connectivity index (χ2n) is 6.39. The fraction of sp³-hybridized carbons (Fsp3) is 0.368. The molecule has 3 N–H and O–H groups in total. The number of aromatic carboxylic acids is 1. The quantitative estimate of drug-likeness (QED) is 0.665. The van der Waals surface area contributed by atoms with Crippen molar-refractivity contribution in [3.63, 3.8) is 0 Å². The van der Waals surface area contributed by atoms with Crippen molar-refractivity contribution in [2.24, 2.45) is 0 Å². The van der Waals surface area contributed by atoms with E-state index in [1.807, 2.05) is 18.2 Å². The molecule has 0 radical (unpaired) electrons. The van der Waals surface area contributed by atoms with Crippen LogP contribution in [0, 0.1) is 0 Å². The fourth-order valence-electron chi connectivity index (χ4n) is 3.16. The Morgan fingerprint density at radius 3 is 2.64 bits per heavy atom. The van der Waals surface area contributed by atoms with Crippen molar-refractivity contribution in [2.45, 2.75) is 0 Å². The summed E-state index contributed by atoms with van der Waals surface area (Å²) in [5.41, 5.74) is 1.15. The predicted octanol–water partition coefficient (Wildman–Crippen LogP) is 1.93. The summed E-state index contributed by atoms with van der Waals surface area (Å²) in [6, 6.07) is 7.51. The number of anilines is 2. The van der Waals surface area contributed by atoms with Crippen LogP contribution in [0.25, 0.3) is 0 Å². The van der Waals surface area contributed by atoms with Crippen LogP contribution in [-0.2, 0) is 0 Å². The van der Waals surface area contributed by atoms with Gasteiger partial charge in [-0.15, -0.1) is 0 Å². The number of carbonyl (C=O) groups is 2. The highest BCUT2D eigenvalue weighted by Crippen LogP contribution is 2.28. The molecule has 0 spiro atoms. The van der Waals surface area contributed by atoms with E-state index in [1.54, 1.807) is 7.11 Å². The molecule has 0 atom stereocenters. The smallest absolute Gasteiger partial charge is 0.341 e. The summed E-state index contributed by atoms with van der Waals surface area (Å²) in [6.07, 6.45) is 2.28. The van der Waals surface area contributed by atoms with E-state index in [4.69, 9.17) is 14.3 Å². The Morgan fingerprint density at radius 2 is 1.93 bits per heavy atom. The van der Waals surface area contributed by atoms with Crippen LogP contribution in [0.1, 0.15) is 10.4 Å². The molecule has 0 aliphatic carbocycles. The van der Waals surface area contributed by atoms with E-state index in [9.17, 15) is 9.59 Å². The van der Waals surface area contributed by atoms with Crippen LogP contribution < -0.4 is 20.3 Å². The summed E-state index contributed by atoms with van der Waals surface area (Å²) < 4.78 is 10.3. The molecule has 1 aromatic carbocycles. The van der Waals surface area contributed by atoms with E-state index in [0.717, 1.165) is 43.9 Å². The molecule has 9 nitrogen and oxygen atoms in total. The Balaban J connectivity index is 1.40. The highest BCUT2D eigenvalue weighted by molar-refractivity contribution is 5.99. The number of para-hydroxylation sites is 2. The maximum absolute atomic E-state index is 11.9. The highest BCUT2D eigenvalue weighted by atomic mass is 16.5. The lowest BCUT2D eigenvalue weighted by molar-refractivity contribution is 0.0697. The minimum Gasteiger partial charge on any atom is -0.495 e. The molecular weight excluding hydrogens is 364 g/mol. The van der Waals surface area contributed by atoms with Crippen LogP contribution in [0.3, 0.4) is 0 Å². The van der Waals surface area contributed by atoms with E-state index >= 15 is 0 Å². The monoisotopic (exact) mass is 388 g/mol. The van der Waals surface area contributed by atoms with Crippen LogP contribution in [0.2, 0.25) is 0 Å². The summed E-state index contributed by atoms with van der Waals surface area (Å²) in [4.78, 5) is 27.5. The van der Waals surface area contributed by atoms with Gasteiger partial charge in [0.05, 0.1) is 18.5 Å². The first-order valence-electron chi connectivity index (χ1n) is 9.03. The van der Waals surface area contributed by atoms with E-state index < -0.39 is 12.0 Å². The molecule has 3 rings (SSSR count). The van der Waals surface area contributed by atoms with Gasteiger partial charge < -0.3 is 29.8 Å². The molecule has 2 heterocycles. The predicted molar refractivity (Wildman–Crippen MR) is 104 cm³/mol. The molecule has 9 heteroatoms. The summed E-state index contributed by atoms with van der Waals surface area (Å²) >= 11 is 0. The van der Waals surface area contributed by atoms with Crippen molar-refractivity contribution in [1.29, 1.82) is 0 Å². The second kappa shape index (κ2) is 9.14. The van der Waals surface area contributed by atoms with E-state index in [0.29, 0.717) is 13.1 Å². The largest absolute Gasteiger partial charge is 0.495 e. The zero-order chi connectivity index (χ0) is 19.9. The van der Waals surface area contributed by atoms with Gasteiger partial charge >= 0.3 is 12.0 Å². The molecule has 2 aromatic rings. The summed E-state index contributed by atoms with van der Waals surface area (Å²) in [7, 11) is 1.68. The van der Waals surface area contributed by atoms with Crippen molar-refractivity contribution < 1.29 is 23.8 Å². The molecule has 0 bridgehead atoms. The number of nitrogens with one attached hydrogen (secondary N) is 2. The summed E-state index contributed by atoms with van der Waals surface area (Å²) in [5, 5.41) is 14.2. The molecule has 1 aromatic heterocycles. The number of rotatable bonds is 7. The normalized spacial score (nSPS) is 14.5. The maximum atomic E-state index is 11.9. The number of furan rings is 1. The lowest BCUT2D eigenvalue weighted by Gasteiger charge is -2.36. The fourth-order valence-corrected chi connectivity index (χ4v) is 3.16. The lowest BCUT2D eigenvalue weighted by Crippen LogP contribution is -2.48. The van der Waals surface area contributed by atoms with Gasteiger partial charge in [-0.2, -0.15) is 0 Å². The van der Waals surface area contributed by atoms with Crippen molar-refractivity contribution in [3.8, 4) is 5.75 Å². The van der Waals surface area contributed by atoms with Crippen molar-refractivity contribution in [2.75, 3.05) is 56.6 Å². The average molecular weight is 388 g/mol.